The highest BCUT2D eigenvalue weighted by atomic mass is 32.2. The zero-order valence-electron chi connectivity index (χ0n) is 13.1. The Morgan fingerprint density at radius 1 is 1.35 bits per heavy atom. The largest absolute Gasteiger partial charge is 0.444 e. The minimum absolute atomic E-state index is 0.173. The van der Waals surface area contributed by atoms with E-state index in [0.29, 0.717) is 17.3 Å². The molecule has 0 aromatic rings. The summed E-state index contributed by atoms with van der Waals surface area (Å²) in [5.74, 6) is 1.29. The summed E-state index contributed by atoms with van der Waals surface area (Å²) in [6.45, 7) is 9.64. The number of hydrogen-bond donors (Lipinski definition) is 1. The summed E-state index contributed by atoms with van der Waals surface area (Å²) in [7, 11) is 0. The molecule has 2 saturated heterocycles. The molecular weight excluding hydrogens is 272 g/mol. The first-order chi connectivity index (χ1) is 9.35. The van der Waals surface area contributed by atoms with Crippen molar-refractivity contribution in [2.75, 3.05) is 18.8 Å². The van der Waals surface area contributed by atoms with Crippen molar-refractivity contribution in [1.29, 1.82) is 0 Å². The van der Waals surface area contributed by atoms with Crippen molar-refractivity contribution < 1.29 is 9.53 Å². The van der Waals surface area contributed by atoms with Gasteiger partial charge in [-0.25, -0.2) is 4.79 Å². The molecule has 1 amide bonds. The molecule has 0 saturated carbocycles. The Bertz CT molecular complexity index is 343. The van der Waals surface area contributed by atoms with Crippen LogP contribution in [0, 0.1) is 0 Å². The number of carbonyl (C=O) groups excluding carboxylic acids is 1. The van der Waals surface area contributed by atoms with Gasteiger partial charge in [0, 0.05) is 30.4 Å². The van der Waals surface area contributed by atoms with E-state index in [4.69, 9.17) is 4.74 Å². The average Bonchev–Trinajstić information content (AvgIpc) is 2.79. The third kappa shape index (κ3) is 4.55. The van der Waals surface area contributed by atoms with Crippen LogP contribution in [0.15, 0.2) is 0 Å². The van der Waals surface area contributed by atoms with Crippen molar-refractivity contribution in [3.05, 3.63) is 0 Å². The lowest BCUT2D eigenvalue weighted by molar-refractivity contribution is 0.0290. The molecule has 5 heteroatoms. The van der Waals surface area contributed by atoms with Gasteiger partial charge in [-0.3, -0.25) is 0 Å². The van der Waals surface area contributed by atoms with Gasteiger partial charge in [-0.15, -0.1) is 0 Å². The number of amides is 1. The van der Waals surface area contributed by atoms with Crippen LogP contribution in [0.1, 0.15) is 47.0 Å². The van der Waals surface area contributed by atoms with E-state index >= 15 is 0 Å². The van der Waals surface area contributed by atoms with E-state index < -0.39 is 5.60 Å². The zero-order chi connectivity index (χ0) is 14.8. The van der Waals surface area contributed by atoms with Gasteiger partial charge in [0.05, 0.1) is 0 Å². The molecule has 2 fully saturated rings. The van der Waals surface area contributed by atoms with Gasteiger partial charge in [0.2, 0.25) is 0 Å². The molecule has 3 atom stereocenters. The van der Waals surface area contributed by atoms with E-state index in [2.05, 4.69) is 24.0 Å². The van der Waals surface area contributed by atoms with Crippen LogP contribution in [0.2, 0.25) is 0 Å². The van der Waals surface area contributed by atoms with Gasteiger partial charge >= 0.3 is 6.09 Å². The van der Waals surface area contributed by atoms with Gasteiger partial charge < -0.3 is 15.0 Å². The normalized spacial score (nSPS) is 31.4. The number of nitrogens with zero attached hydrogens (tertiary/aromatic N) is 1. The highest BCUT2D eigenvalue weighted by Crippen LogP contribution is 2.26. The van der Waals surface area contributed by atoms with Crippen molar-refractivity contribution in [2.45, 2.75) is 69.9 Å². The smallest absolute Gasteiger partial charge is 0.410 e. The van der Waals surface area contributed by atoms with Crippen LogP contribution in [0.3, 0.4) is 0 Å². The fourth-order valence-electron chi connectivity index (χ4n) is 2.83. The van der Waals surface area contributed by atoms with Gasteiger partial charge in [0.15, 0.2) is 0 Å². The molecule has 0 bridgehead atoms. The van der Waals surface area contributed by atoms with Crippen molar-refractivity contribution in [3.63, 3.8) is 0 Å². The molecule has 0 radical (unpaired) electrons. The molecule has 2 aliphatic rings. The van der Waals surface area contributed by atoms with Crippen LogP contribution < -0.4 is 5.32 Å². The molecule has 1 N–H and O–H groups in total. The van der Waals surface area contributed by atoms with E-state index in [1.165, 1.54) is 18.6 Å². The number of hydrogen-bond acceptors (Lipinski definition) is 4. The SMILES string of the molecule is CC1SCCCC1NC1CCN(C(=O)OC(C)(C)C)C1. The Balaban J connectivity index is 1.78. The molecule has 3 unspecified atom stereocenters. The van der Waals surface area contributed by atoms with Crippen LogP contribution in [0.4, 0.5) is 4.79 Å². The summed E-state index contributed by atoms with van der Waals surface area (Å²) < 4.78 is 5.44. The Labute approximate surface area is 127 Å². The second kappa shape index (κ2) is 6.56. The predicted molar refractivity (Wildman–Crippen MR) is 84.3 cm³/mol. The zero-order valence-corrected chi connectivity index (χ0v) is 14.0. The first-order valence-corrected chi connectivity index (χ1v) is 8.75. The molecule has 0 aliphatic carbocycles. The molecule has 0 aromatic heterocycles. The molecule has 116 valence electrons. The highest BCUT2D eigenvalue weighted by Gasteiger charge is 2.32. The molecule has 2 heterocycles. The van der Waals surface area contributed by atoms with E-state index in [1.807, 2.05) is 25.7 Å². The van der Waals surface area contributed by atoms with Crippen LogP contribution >= 0.6 is 11.8 Å². The first-order valence-electron chi connectivity index (χ1n) is 7.71. The van der Waals surface area contributed by atoms with E-state index in [-0.39, 0.29) is 6.09 Å². The van der Waals surface area contributed by atoms with Crippen molar-refractivity contribution in [1.82, 2.24) is 10.2 Å². The number of nitrogens with one attached hydrogen (secondary N) is 1. The number of likely N-dealkylation sites (tertiary alicyclic amines) is 1. The Kier molecular flexibility index (Phi) is 5.24. The summed E-state index contributed by atoms with van der Waals surface area (Å²) >= 11 is 2.06. The number of ether oxygens (including phenoxy) is 1. The number of carbonyl (C=O) groups is 1. The monoisotopic (exact) mass is 300 g/mol. The average molecular weight is 300 g/mol. The van der Waals surface area contributed by atoms with Gasteiger partial charge in [0.1, 0.15) is 5.60 Å². The fourth-order valence-corrected chi connectivity index (χ4v) is 3.99. The van der Waals surface area contributed by atoms with Gasteiger partial charge in [-0.2, -0.15) is 11.8 Å². The molecule has 0 spiro atoms. The van der Waals surface area contributed by atoms with Crippen LogP contribution in [-0.2, 0) is 4.74 Å². The third-order valence-electron chi connectivity index (χ3n) is 3.90. The summed E-state index contributed by atoms with van der Waals surface area (Å²) in [6, 6.07) is 1.02. The van der Waals surface area contributed by atoms with Gasteiger partial charge in [-0.05, 0) is 45.8 Å². The maximum Gasteiger partial charge on any atom is 0.410 e. The number of thioether (sulfide) groups is 1. The highest BCUT2D eigenvalue weighted by molar-refractivity contribution is 7.99. The van der Waals surface area contributed by atoms with E-state index in [9.17, 15) is 4.79 Å². The predicted octanol–water partition coefficient (Wildman–Crippen LogP) is 2.87. The Hall–Kier alpha value is -0.420. The topological polar surface area (TPSA) is 41.6 Å². The Morgan fingerprint density at radius 3 is 2.75 bits per heavy atom. The fraction of sp³-hybridized carbons (Fsp3) is 0.933. The first kappa shape index (κ1) is 16.0. The lowest BCUT2D eigenvalue weighted by Gasteiger charge is -2.31. The van der Waals surface area contributed by atoms with E-state index in [1.54, 1.807) is 0 Å². The minimum Gasteiger partial charge on any atom is -0.444 e. The van der Waals surface area contributed by atoms with Crippen molar-refractivity contribution in [2.24, 2.45) is 0 Å². The third-order valence-corrected chi connectivity index (χ3v) is 5.28. The minimum atomic E-state index is -0.406. The molecule has 2 rings (SSSR count). The molecule has 4 nitrogen and oxygen atoms in total. The van der Waals surface area contributed by atoms with Crippen molar-refractivity contribution >= 4 is 17.9 Å². The lowest BCUT2D eigenvalue weighted by atomic mass is 10.1. The van der Waals surface area contributed by atoms with Crippen LogP contribution in [-0.4, -0.2) is 52.8 Å². The van der Waals surface area contributed by atoms with Gasteiger partial charge in [-0.1, -0.05) is 6.92 Å². The second-order valence-electron chi connectivity index (χ2n) is 6.90. The quantitative estimate of drug-likeness (QED) is 0.851. The second-order valence-corrected chi connectivity index (χ2v) is 8.39. The molecular formula is C15H28N2O2S. The molecule has 20 heavy (non-hydrogen) atoms. The Morgan fingerprint density at radius 2 is 2.10 bits per heavy atom. The van der Waals surface area contributed by atoms with Gasteiger partial charge in [0.25, 0.3) is 0 Å². The molecule has 2 aliphatic heterocycles. The maximum atomic E-state index is 12.0. The van der Waals surface area contributed by atoms with Crippen LogP contribution in [0.25, 0.3) is 0 Å². The maximum absolute atomic E-state index is 12.0. The van der Waals surface area contributed by atoms with Crippen molar-refractivity contribution in [3.8, 4) is 0 Å². The number of rotatable bonds is 2. The van der Waals surface area contributed by atoms with E-state index in [0.717, 1.165) is 19.5 Å². The van der Waals surface area contributed by atoms with Crippen LogP contribution in [0.5, 0.6) is 0 Å². The lowest BCUT2D eigenvalue weighted by Crippen LogP contribution is -2.46. The summed E-state index contributed by atoms with van der Waals surface area (Å²) in [5.41, 5.74) is -0.406. The summed E-state index contributed by atoms with van der Waals surface area (Å²) in [6.07, 6.45) is 3.42. The molecule has 0 aromatic carbocycles. The summed E-state index contributed by atoms with van der Waals surface area (Å²) in [4.78, 5) is 13.9. The summed E-state index contributed by atoms with van der Waals surface area (Å²) in [5, 5.41) is 4.42. The standard InChI is InChI=1S/C15H28N2O2S/c1-11-13(6-5-9-20-11)16-12-7-8-17(10-12)14(18)19-15(2,3)4/h11-13,16H,5-10H2,1-4H3.